The van der Waals surface area contributed by atoms with E-state index in [0.717, 1.165) is 16.7 Å². The second kappa shape index (κ2) is 17.8. The van der Waals surface area contributed by atoms with Crippen LogP contribution < -0.4 is 0 Å². The summed E-state index contributed by atoms with van der Waals surface area (Å²) in [6.07, 6.45) is -4.30. The van der Waals surface area contributed by atoms with Gasteiger partial charge in [0.15, 0.2) is 12.4 Å². The minimum absolute atomic E-state index is 0.0344. The highest BCUT2D eigenvalue weighted by molar-refractivity contribution is 5.89. The van der Waals surface area contributed by atoms with Gasteiger partial charge in [0.1, 0.15) is 18.3 Å². The number of carbonyl (C=O) groups excluding carboxylic acids is 1. The van der Waals surface area contributed by atoms with Crippen LogP contribution in [0.25, 0.3) is 10.4 Å². The number of ether oxygens (including phenoxy) is 6. The molecule has 238 valence electrons. The summed E-state index contributed by atoms with van der Waals surface area (Å²) in [5.41, 5.74) is 12.1. The summed E-state index contributed by atoms with van der Waals surface area (Å²) in [6.45, 7) is 1.09. The Hall–Kier alpha value is -4.54. The molecule has 46 heavy (non-hydrogen) atoms. The van der Waals surface area contributed by atoms with Crippen molar-refractivity contribution in [3.05, 3.63) is 154 Å². The van der Waals surface area contributed by atoms with E-state index in [1.54, 1.807) is 24.3 Å². The molecule has 5 atom stereocenters. The molecule has 1 saturated heterocycles. The van der Waals surface area contributed by atoms with Crippen LogP contribution >= 0.6 is 0 Å². The molecular weight excluding hydrogens is 586 g/mol. The molecule has 1 aliphatic rings. The lowest BCUT2D eigenvalue weighted by atomic mass is 9.97. The topological polar surface area (TPSA) is 121 Å². The van der Waals surface area contributed by atoms with Crippen LogP contribution in [0, 0.1) is 0 Å². The first-order valence-corrected chi connectivity index (χ1v) is 15.2. The maximum atomic E-state index is 13.4. The van der Waals surface area contributed by atoms with Gasteiger partial charge in [-0.15, -0.1) is 0 Å². The Balaban J connectivity index is 1.45. The lowest BCUT2D eigenvalue weighted by molar-refractivity contribution is -0.317. The quantitative estimate of drug-likeness (QED) is 0.0450. The molecule has 1 fully saturated rings. The summed E-state index contributed by atoms with van der Waals surface area (Å²) in [5, 5.41) is 3.58. The van der Waals surface area contributed by atoms with Gasteiger partial charge in [0.25, 0.3) is 0 Å². The Morgan fingerprint density at radius 2 is 1.20 bits per heavy atom. The second-order valence-corrected chi connectivity index (χ2v) is 10.6. The minimum Gasteiger partial charge on any atom is -0.450 e. The number of esters is 1. The predicted molar refractivity (Wildman–Crippen MR) is 170 cm³/mol. The van der Waals surface area contributed by atoms with Gasteiger partial charge < -0.3 is 28.4 Å². The van der Waals surface area contributed by atoms with Crippen molar-refractivity contribution >= 4 is 5.97 Å². The Morgan fingerprint density at radius 3 is 1.76 bits per heavy atom. The normalized spacial score (nSPS) is 20.8. The van der Waals surface area contributed by atoms with Crippen LogP contribution in [0.15, 0.2) is 126 Å². The number of hydrogen-bond donors (Lipinski definition) is 0. The van der Waals surface area contributed by atoms with E-state index in [9.17, 15) is 4.79 Å². The number of hydrogen-bond acceptors (Lipinski definition) is 8. The summed E-state index contributed by atoms with van der Waals surface area (Å²) >= 11 is 0. The molecule has 0 amide bonds. The minimum atomic E-state index is -1.07. The van der Waals surface area contributed by atoms with Crippen LogP contribution in [-0.2, 0) is 48.2 Å². The van der Waals surface area contributed by atoms with Crippen molar-refractivity contribution < 1.29 is 33.2 Å². The average molecular weight is 624 g/mol. The molecule has 1 aliphatic heterocycles. The van der Waals surface area contributed by atoms with E-state index in [1.807, 2.05) is 97.1 Å². The van der Waals surface area contributed by atoms with Gasteiger partial charge in [-0.1, -0.05) is 114 Å². The second-order valence-electron chi connectivity index (χ2n) is 10.6. The van der Waals surface area contributed by atoms with Crippen LogP contribution in [0.5, 0.6) is 0 Å². The van der Waals surface area contributed by atoms with Gasteiger partial charge >= 0.3 is 5.97 Å². The molecule has 0 radical (unpaired) electrons. The highest BCUT2D eigenvalue weighted by Crippen LogP contribution is 2.31. The highest BCUT2D eigenvalue weighted by Gasteiger charge is 2.50. The zero-order chi connectivity index (χ0) is 31.8. The lowest BCUT2D eigenvalue weighted by Crippen LogP contribution is -2.62. The number of azide groups is 1. The van der Waals surface area contributed by atoms with Crippen molar-refractivity contribution in [3.63, 3.8) is 0 Å². The molecule has 5 rings (SSSR count). The van der Waals surface area contributed by atoms with E-state index in [-0.39, 0.29) is 33.0 Å². The van der Waals surface area contributed by atoms with Gasteiger partial charge in [0.05, 0.1) is 38.6 Å². The van der Waals surface area contributed by atoms with Gasteiger partial charge in [-0.25, -0.2) is 4.79 Å². The van der Waals surface area contributed by atoms with Crippen LogP contribution in [0.1, 0.15) is 27.0 Å². The molecule has 0 bridgehead atoms. The first-order valence-electron chi connectivity index (χ1n) is 15.2. The monoisotopic (exact) mass is 623 g/mol. The van der Waals surface area contributed by atoms with E-state index in [0.29, 0.717) is 12.2 Å². The van der Waals surface area contributed by atoms with Crippen LogP contribution in [0.2, 0.25) is 0 Å². The van der Waals surface area contributed by atoms with E-state index in [1.165, 1.54) is 0 Å². The van der Waals surface area contributed by atoms with Crippen molar-refractivity contribution in [2.75, 3.05) is 19.8 Å². The molecule has 4 aromatic carbocycles. The highest BCUT2D eigenvalue weighted by atomic mass is 16.7. The molecule has 10 nitrogen and oxygen atoms in total. The summed E-state index contributed by atoms with van der Waals surface area (Å²) in [7, 11) is 0. The van der Waals surface area contributed by atoms with Crippen molar-refractivity contribution in [1.82, 2.24) is 0 Å². The van der Waals surface area contributed by atoms with E-state index < -0.39 is 36.7 Å². The molecule has 4 aromatic rings. The van der Waals surface area contributed by atoms with Crippen molar-refractivity contribution in [3.8, 4) is 0 Å². The molecule has 0 N–H and O–H groups in total. The number of rotatable bonds is 16. The fraction of sp³-hybridized carbons (Fsp3) is 0.306. The third-order valence-corrected chi connectivity index (χ3v) is 7.34. The number of nitrogens with zero attached hydrogens (tertiary/aromatic N) is 3. The average Bonchev–Trinajstić information content (AvgIpc) is 3.11. The fourth-order valence-corrected chi connectivity index (χ4v) is 5.08. The summed E-state index contributed by atoms with van der Waals surface area (Å²) < 4.78 is 37.9. The zero-order valence-electron chi connectivity index (χ0n) is 25.4. The summed E-state index contributed by atoms with van der Waals surface area (Å²) in [6, 6.07) is 38.0. The Bertz CT molecular complexity index is 1510. The number of carbonyl (C=O) groups is 1. The lowest BCUT2D eigenvalue weighted by Gasteiger charge is -2.45. The molecule has 0 aliphatic carbocycles. The van der Waals surface area contributed by atoms with Crippen LogP contribution in [0.4, 0.5) is 0 Å². The third kappa shape index (κ3) is 9.73. The smallest absolute Gasteiger partial charge is 0.338 e. The maximum absolute atomic E-state index is 13.4. The van der Waals surface area contributed by atoms with Gasteiger partial charge in [-0.2, -0.15) is 0 Å². The molecule has 1 heterocycles. The summed E-state index contributed by atoms with van der Waals surface area (Å²) in [4.78, 5) is 16.2. The van der Waals surface area contributed by atoms with E-state index >= 15 is 0 Å². The first kappa shape index (κ1) is 32.8. The first-order chi connectivity index (χ1) is 22.7. The van der Waals surface area contributed by atoms with Crippen LogP contribution in [-0.4, -0.2) is 56.4 Å². The SMILES string of the molecule is [N-]=[N+]=NCCO[C@@H]1OC(COCc2ccccc2)[C@@H](OCc2ccccc2)C(OCc2ccccc2)C1OC(=O)c1ccccc1. The van der Waals surface area contributed by atoms with Gasteiger partial charge in [0, 0.05) is 11.5 Å². The molecule has 10 heteroatoms. The maximum Gasteiger partial charge on any atom is 0.338 e. The van der Waals surface area contributed by atoms with E-state index in [2.05, 4.69) is 10.0 Å². The third-order valence-electron chi connectivity index (χ3n) is 7.34. The van der Waals surface area contributed by atoms with E-state index in [4.69, 9.17) is 34.0 Å². The molecule has 3 unspecified atom stereocenters. The summed E-state index contributed by atoms with van der Waals surface area (Å²) in [5.74, 6) is -0.563. The van der Waals surface area contributed by atoms with Gasteiger partial charge in [-0.05, 0) is 34.4 Å². The van der Waals surface area contributed by atoms with Gasteiger partial charge in [0.2, 0.25) is 0 Å². The van der Waals surface area contributed by atoms with Crippen molar-refractivity contribution in [2.24, 2.45) is 5.11 Å². The molecule has 0 aromatic heterocycles. The van der Waals surface area contributed by atoms with Crippen molar-refractivity contribution in [2.45, 2.75) is 50.5 Å². The standard InChI is InChI=1S/C36H37N3O7/c37-39-38-21-22-42-36-34(46-35(40)30-19-11-4-12-20-30)33(44-25-29-17-9-3-10-18-29)32(43-24-28-15-7-2-8-16-28)31(45-36)26-41-23-27-13-5-1-6-14-27/h1-20,31-34,36H,21-26H2/t31?,32-,33?,34?,36-/m1/s1. The largest absolute Gasteiger partial charge is 0.450 e. The fourth-order valence-electron chi connectivity index (χ4n) is 5.08. The molecule has 0 saturated carbocycles. The zero-order valence-corrected chi connectivity index (χ0v) is 25.4. The van der Waals surface area contributed by atoms with Crippen molar-refractivity contribution in [1.29, 1.82) is 0 Å². The Labute approximate surface area is 268 Å². The number of benzene rings is 4. The Morgan fingerprint density at radius 1 is 0.674 bits per heavy atom. The van der Waals surface area contributed by atoms with Crippen LogP contribution in [0.3, 0.4) is 0 Å². The molecular formula is C36H37N3O7. The van der Waals surface area contributed by atoms with Gasteiger partial charge in [-0.3, -0.25) is 0 Å². The predicted octanol–water partition coefficient (Wildman–Crippen LogP) is 6.65. The Kier molecular flexibility index (Phi) is 12.7. The molecule has 0 spiro atoms.